The lowest BCUT2D eigenvalue weighted by Crippen LogP contribution is -2.54. The van der Waals surface area contributed by atoms with Gasteiger partial charge in [-0.25, -0.2) is 14.8 Å². The molecular weight excluding hydrogens is 360 g/mol. The Labute approximate surface area is 163 Å². The van der Waals surface area contributed by atoms with Gasteiger partial charge in [-0.3, -0.25) is 4.79 Å². The Bertz CT molecular complexity index is 791. The molecule has 1 fully saturated rings. The molecule has 9 nitrogen and oxygen atoms in total. The average Bonchev–Trinajstić information content (AvgIpc) is 2.75. The number of piperazine rings is 1. The number of carbonyl (C=O) groups excluding carboxylic acids is 2. The minimum absolute atomic E-state index is 0.254. The minimum atomic E-state index is -0.677. The standard InChI is InChI=1S/C19H24N6O3/c1-14(18(26)23-15-6-7-17(28-2)21-13-15)22-19(27)25-11-9-24(10-12-25)16-5-3-4-8-20-16/h3-8,13-14H,9-12H2,1-2H3,(H,22,27)(H,23,26)/t14-/m1/s1. The molecule has 0 aromatic carbocycles. The Morgan fingerprint density at radius 2 is 1.89 bits per heavy atom. The summed E-state index contributed by atoms with van der Waals surface area (Å²) in [6, 6.07) is 8.19. The van der Waals surface area contributed by atoms with Gasteiger partial charge in [-0.05, 0) is 25.1 Å². The highest BCUT2D eigenvalue weighted by Crippen LogP contribution is 2.13. The van der Waals surface area contributed by atoms with E-state index in [0.29, 0.717) is 37.7 Å². The second-order valence-corrected chi connectivity index (χ2v) is 6.41. The van der Waals surface area contributed by atoms with Gasteiger partial charge in [-0.2, -0.15) is 0 Å². The average molecular weight is 384 g/mol. The number of nitrogens with one attached hydrogen (secondary N) is 2. The van der Waals surface area contributed by atoms with Gasteiger partial charge < -0.3 is 25.2 Å². The van der Waals surface area contributed by atoms with E-state index in [4.69, 9.17) is 4.74 Å². The zero-order chi connectivity index (χ0) is 19.9. The minimum Gasteiger partial charge on any atom is -0.481 e. The van der Waals surface area contributed by atoms with Gasteiger partial charge >= 0.3 is 6.03 Å². The lowest BCUT2D eigenvalue weighted by atomic mass is 10.3. The van der Waals surface area contributed by atoms with Crippen molar-refractivity contribution in [1.82, 2.24) is 20.2 Å². The number of methoxy groups -OCH3 is 1. The molecule has 1 aliphatic heterocycles. The number of hydrogen-bond donors (Lipinski definition) is 2. The molecule has 0 unspecified atom stereocenters. The quantitative estimate of drug-likeness (QED) is 0.807. The smallest absolute Gasteiger partial charge is 0.318 e. The van der Waals surface area contributed by atoms with Crippen LogP contribution in [0.4, 0.5) is 16.3 Å². The highest BCUT2D eigenvalue weighted by Gasteiger charge is 2.24. The summed E-state index contributed by atoms with van der Waals surface area (Å²) in [7, 11) is 1.52. The summed E-state index contributed by atoms with van der Waals surface area (Å²) in [6.07, 6.45) is 3.26. The van der Waals surface area contributed by atoms with Crippen LogP contribution in [0.5, 0.6) is 5.88 Å². The molecule has 3 heterocycles. The van der Waals surface area contributed by atoms with Crippen molar-refractivity contribution in [2.24, 2.45) is 0 Å². The van der Waals surface area contributed by atoms with Crippen LogP contribution in [-0.4, -0.2) is 66.1 Å². The molecule has 2 aromatic heterocycles. The normalized spacial score (nSPS) is 14.9. The van der Waals surface area contributed by atoms with Crippen molar-refractivity contribution in [2.75, 3.05) is 43.5 Å². The van der Waals surface area contributed by atoms with Crippen LogP contribution in [0.2, 0.25) is 0 Å². The molecule has 2 aromatic rings. The molecule has 3 rings (SSSR count). The molecule has 1 aliphatic rings. The van der Waals surface area contributed by atoms with Gasteiger partial charge in [0.25, 0.3) is 0 Å². The summed E-state index contributed by atoms with van der Waals surface area (Å²) in [6.45, 7) is 4.18. The second-order valence-electron chi connectivity index (χ2n) is 6.41. The number of aromatic nitrogens is 2. The second kappa shape index (κ2) is 9.03. The van der Waals surface area contributed by atoms with E-state index < -0.39 is 6.04 Å². The molecule has 1 atom stereocenters. The fourth-order valence-corrected chi connectivity index (χ4v) is 2.85. The maximum atomic E-state index is 12.5. The first-order chi connectivity index (χ1) is 13.6. The first-order valence-electron chi connectivity index (χ1n) is 9.09. The highest BCUT2D eigenvalue weighted by atomic mass is 16.5. The Morgan fingerprint density at radius 1 is 1.11 bits per heavy atom. The number of anilines is 2. The number of urea groups is 1. The molecule has 9 heteroatoms. The lowest BCUT2D eigenvalue weighted by Gasteiger charge is -2.35. The van der Waals surface area contributed by atoms with Crippen molar-refractivity contribution >= 4 is 23.4 Å². The fraction of sp³-hybridized carbons (Fsp3) is 0.368. The van der Waals surface area contributed by atoms with Crippen molar-refractivity contribution in [3.63, 3.8) is 0 Å². The molecule has 2 N–H and O–H groups in total. The largest absolute Gasteiger partial charge is 0.481 e. The molecule has 0 aliphatic carbocycles. The van der Waals surface area contributed by atoms with E-state index in [1.165, 1.54) is 13.3 Å². The fourth-order valence-electron chi connectivity index (χ4n) is 2.85. The first kappa shape index (κ1) is 19.4. The molecule has 3 amide bonds. The highest BCUT2D eigenvalue weighted by molar-refractivity contribution is 5.96. The van der Waals surface area contributed by atoms with E-state index in [1.807, 2.05) is 18.2 Å². The predicted octanol–water partition coefficient (Wildman–Crippen LogP) is 1.34. The van der Waals surface area contributed by atoms with Gasteiger partial charge in [-0.15, -0.1) is 0 Å². The summed E-state index contributed by atoms with van der Waals surface area (Å²) in [5.41, 5.74) is 0.538. The van der Waals surface area contributed by atoms with Crippen LogP contribution in [-0.2, 0) is 4.79 Å². The summed E-state index contributed by atoms with van der Waals surface area (Å²) >= 11 is 0. The number of pyridine rings is 2. The monoisotopic (exact) mass is 384 g/mol. The Morgan fingerprint density at radius 3 is 2.50 bits per heavy atom. The number of hydrogen-bond acceptors (Lipinski definition) is 6. The van der Waals surface area contributed by atoms with E-state index in [-0.39, 0.29) is 11.9 Å². The van der Waals surface area contributed by atoms with Crippen LogP contribution in [0.25, 0.3) is 0 Å². The van der Waals surface area contributed by atoms with Crippen LogP contribution in [0, 0.1) is 0 Å². The van der Waals surface area contributed by atoms with E-state index in [9.17, 15) is 9.59 Å². The van der Waals surface area contributed by atoms with Crippen molar-refractivity contribution in [2.45, 2.75) is 13.0 Å². The molecule has 0 saturated carbocycles. The van der Waals surface area contributed by atoms with Gasteiger partial charge in [-0.1, -0.05) is 6.07 Å². The first-order valence-corrected chi connectivity index (χ1v) is 9.09. The summed E-state index contributed by atoms with van der Waals surface area (Å²) in [5.74, 6) is 1.06. The summed E-state index contributed by atoms with van der Waals surface area (Å²) in [4.78, 5) is 37.0. The van der Waals surface area contributed by atoms with Gasteiger partial charge in [0.15, 0.2) is 0 Å². The third-order valence-corrected chi connectivity index (χ3v) is 4.49. The zero-order valence-electron chi connectivity index (χ0n) is 16.0. The number of rotatable bonds is 5. The van der Waals surface area contributed by atoms with Crippen molar-refractivity contribution in [3.05, 3.63) is 42.7 Å². The number of carbonyl (C=O) groups is 2. The Hall–Kier alpha value is -3.36. The molecule has 28 heavy (non-hydrogen) atoms. The number of amides is 3. The molecule has 0 spiro atoms. The third kappa shape index (κ3) is 4.87. The maximum absolute atomic E-state index is 12.5. The van der Waals surface area contributed by atoms with Crippen LogP contribution < -0.4 is 20.3 Å². The summed E-state index contributed by atoms with van der Waals surface area (Å²) in [5, 5.41) is 5.47. The van der Waals surface area contributed by atoms with Crippen LogP contribution in [0.1, 0.15) is 6.92 Å². The van der Waals surface area contributed by atoms with Gasteiger partial charge in [0, 0.05) is 38.4 Å². The van der Waals surface area contributed by atoms with Crippen LogP contribution in [0.15, 0.2) is 42.7 Å². The van der Waals surface area contributed by atoms with Crippen molar-refractivity contribution < 1.29 is 14.3 Å². The van der Waals surface area contributed by atoms with Crippen molar-refractivity contribution in [3.8, 4) is 5.88 Å². The summed E-state index contributed by atoms with van der Waals surface area (Å²) < 4.78 is 4.98. The number of ether oxygens (including phenoxy) is 1. The molecule has 148 valence electrons. The van der Waals surface area contributed by atoms with Crippen LogP contribution in [0.3, 0.4) is 0 Å². The van der Waals surface area contributed by atoms with E-state index >= 15 is 0 Å². The number of nitrogens with zero attached hydrogens (tertiary/aromatic N) is 4. The molecule has 0 radical (unpaired) electrons. The Kier molecular flexibility index (Phi) is 6.25. The maximum Gasteiger partial charge on any atom is 0.318 e. The third-order valence-electron chi connectivity index (χ3n) is 4.49. The van der Waals surface area contributed by atoms with E-state index in [2.05, 4.69) is 25.5 Å². The Balaban J connectivity index is 1.46. The van der Waals surface area contributed by atoms with Gasteiger partial charge in [0.2, 0.25) is 11.8 Å². The zero-order valence-corrected chi connectivity index (χ0v) is 16.0. The van der Waals surface area contributed by atoms with E-state index in [1.54, 1.807) is 30.2 Å². The predicted molar refractivity (Wildman–Crippen MR) is 105 cm³/mol. The van der Waals surface area contributed by atoms with Gasteiger partial charge in [0.05, 0.1) is 19.0 Å². The lowest BCUT2D eigenvalue weighted by molar-refractivity contribution is -0.117. The molecule has 1 saturated heterocycles. The van der Waals surface area contributed by atoms with Gasteiger partial charge in [0.1, 0.15) is 11.9 Å². The van der Waals surface area contributed by atoms with Crippen LogP contribution >= 0.6 is 0 Å². The SMILES string of the molecule is COc1ccc(NC(=O)[C@@H](C)NC(=O)N2CCN(c3ccccn3)CC2)cn1. The topological polar surface area (TPSA) is 99.7 Å². The van der Waals surface area contributed by atoms with E-state index in [0.717, 1.165) is 5.82 Å². The van der Waals surface area contributed by atoms with Crippen molar-refractivity contribution in [1.29, 1.82) is 0 Å². The molecular formula is C19H24N6O3. The molecule has 0 bridgehead atoms.